The summed E-state index contributed by atoms with van der Waals surface area (Å²) in [5.41, 5.74) is 3.25. The van der Waals surface area contributed by atoms with E-state index in [1.54, 1.807) is 0 Å². The zero-order valence-electron chi connectivity index (χ0n) is 17.2. The SMILES string of the molecule is CS(=O)(=O)NC(=O)c1cccc(-n2nc(-c3ccccc3)c3cc(C4CC4)ccc32)c1F. The lowest BCUT2D eigenvalue weighted by Gasteiger charge is -2.09. The highest BCUT2D eigenvalue weighted by molar-refractivity contribution is 7.89. The number of halogens is 1. The van der Waals surface area contributed by atoms with Gasteiger partial charge in [0.25, 0.3) is 5.91 Å². The Balaban J connectivity index is 1.70. The van der Waals surface area contributed by atoms with Gasteiger partial charge in [0.1, 0.15) is 11.4 Å². The van der Waals surface area contributed by atoms with Gasteiger partial charge in [0, 0.05) is 10.9 Å². The largest absolute Gasteiger partial charge is 0.268 e. The van der Waals surface area contributed by atoms with Crippen molar-refractivity contribution in [1.82, 2.24) is 14.5 Å². The van der Waals surface area contributed by atoms with E-state index in [0.29, 0.717) is 17.1 Å². The molecule has 162 valence electrons. The van der Waals surface area contributed by atoms with E-state index in [9.17, 15) is 13.2 Å². The van der Waals surface area contributed by atoms with Crippen molar-refractivity contribution in [3.05, 3.63) is 83.7 Å². The van der Waals surface area contributed by atoms with Gasteiger partial charge < -0.3 is 0 Å². The molecule has 1 aliphatic carbocycles. The van der Waals surface area contributed by atoms with Gasteiger partial charge in [-0.2, -0.15) is 5.10 Å². The summed E-state index contributed by atoms with van der Waals surface area (Å²) >= 11 is 0. The summed E-state index contributed by atoms with van der Waals surface area (Å²) in [5, 5.41) is 5.61. The van der Waals surface area contributed by atoms with Gasteiger partial charge in [0.15, 0.2) is 5.82 Å². The summed E-state index contributed by atoms with van der Waals surface area (Å²) in [6.07, 6.45) is 3.16. The number of rotatable bonds is 5. The van der Waals surface area contributed by atoms with E-state index >= 15 is 4.39 Å². The molecule has 0 bridgehead atoms. The van der Waals surface area contributed by atoms with Gasteiger partial charge in [-0.3, -0.25) is 4.79 Å². The minimum atomic E-state index is -3.83. The summed E-state index contributed by atoms with van der Waals surface area (Å²) in [4.78, 5) is 12.3. The molecule has 1 N–H and O–H groups in total. The van der Waals surface area contributed by atoms with E-state index in [4.69, 9.17) is 5.10 Å². The lowest BCUT2D eigenvalue weighted by atomic mass is 10.0. The summed E-state index contributed by atoms with van der Waals surface area (Å²) < 4.78 is 41.6. The number of amides is 1. The third-order valence-corrected chi connectivity index (χ3v) is 6.09. The van der Waals surface area contributed by atoms with Crippen LogP contribution in [0.1, 0.15) is 34.7 Å². The molecule has 0 spiro atoms. The lowest BCUT2D eigenvalue weighted by molar-refractivity contribution is 0.0977. The van der Waals surface area contributed by atoms with Crippen molar-refractivity contribution >= 4 is 26.8 Å². The number of sulfonamides is 1. The molecule has 32 heavy (non-hydrogen) atoms. The molecule has 1 fully saturated rings. The van der Waals surface area contributed by atoms with E-state index < -0.39 is 21.7 Å². The third-order valence-electron chi connectivity index (χ3n) is 5.53. The second-order valence-electron chi connectivity index (χ2n) is 8.02. The fraction of sp³-hybridized carbons (Fsp3) is 0.167. The van der Waals surface area contributed by atoms with Crippen LogP contribution in [0.25, 0.3) is 27.8 Å². The van der Waals surface area contributed by atoms with Crippen LogP contribution in [0.15, 0.2) is 66.7 Å². The molecular weight excluding hydrogens is 429 g/mol. The molecule has 6 nitrogen and oxygen atoms in total. The van der Waals surface area contributed by atoms with Crippen LogP contribution in [0.5, 0.6) is 0 Å². The average molecular weight is 450 g/mol. The van der Waals surface area contributed by atoms with Gasteiger partial charge in [-0.05, 0) is 48.6 Å². The van der Waals surface area contributed by atoms with Crippen LogP contribution >= 0.6 is 0 Å². The summed E-state index contributed by atoms with van der Waals surface area (Å²) in [5.74, 6) is -1.32. The zero-order chi connectivity index (χ0) is 22.5. The minimum absolute atomic E-state index is 0.0671. The smallest absolute Gasteiger partial charge is 0.267 e. The maximum absolute atomic E-state index is 15.4. The Hall–Kier alpha value is -3.52. The number of carbonyl (C=O) groups is 1. The molecule has 0 radical (unpaired) electrons. The summed E-state index contributed by atoms with van der Waals surface area (Å²) in [6, 6.07) is 20.0. The van der Waals surface area contributed by atoms with Crippen molar-refractivity contribution in [3.8, 4) is 16.9 Å². The van der Waals surface area contributed by atoms with Gasteiger partial charge in [-0.1, -0.05) is 42.5 Å². The first-order chi connectivity index (χ1) is 15.3. The van der Waals surface area contributed by atoms with Gasteiger partial charge in [-0.25, -0.2) is 22.2 Å². The Kier molecular flexibility index (Phi) is 4.82. The normalized spacial score (nSPS) is 13.9. The Morgan fingerprint density at radius 3 is 2.50 bits per heavy atom. The van der Waals surface area contributed by atoms with E-state index in [0.717, 1.165) is 30.0 Å². The van der Waals surface area contributed by atoms with Gasteiger partial charge in [0.05, 0.1) is 17.3 Å². The molecule has 1 heterocycles. The van der Waals surface area contributed by atoms with Gasteiger partial charge in [-0.15, -0.1) is 0 Å². The van der Waals surface area contributed by atoms with Crippen molar-refractivity contribution in [2.75, 3.05) is 6.26 Å². The number of nitrogens with zero attached hydrogens (tertiary/aromatic N) is 2. The van der Waals surface area contributed by atoms with Crippen LogP contribution < -0.4 is 4.72 Å². The topological polar surface area (TPSA) is 81.1 Å². The molecule has 1 aliphatic rings. The molecular formula is C24H20FN3O3S. The predicted octanol–water partition coefficient (Wildman–Crippen LogP) is 4.40. The number of aromatic nitrogens is 2. The van der Waals surface area contributed by atoms with Gasteiger partial charge in [0.2, 0.25) is 10.0 Å². The predicted molar refractivity (Wildman–Crippen MR) is 121 cm³/mol. The summed E-state index contributed by atoms with van der Waals surface area (Å²) in [6.45, 7) is 0. The molecule has 1 amide bonds. The van der Waals surface area contributed by atoms with Crippen molar-refractivity contribution < 1.29 is 17.6 Å². The monoisotopic (exact) mass is 449 g/mol. The van der Waals surface area contributed by atoms with Crippen molar-refractivity contribution in [2.45, 2.75) is 18.8 Å². The molecule has 5 rings (SSSR count). The Bertz CT molecular complexity index is 1460. The van der Waals surface area contributed by atoms with Crippen LogP contribution in [0.4, 0.5) is 4.39 Å². The number of hydrogen-bond donors (Lipinski definition) is 1. The molecule has 0 unspecified atom stereocenters. The molecule has 1 saturated carbocycles. The quantitative estimate of drug-likeness (QED) is 0.490. The standard InChI is InChI=1S/C24H20FN3O3S/c1-32(30,31)27-24(29)18-8-5-9-21(22(18)25)28-20-13-12-17(15-10-11-15)14-19(20)23(26-28)16-6-3-2-4-7-16/h2-9,12-15H,10-11H2,1H3,(H,27,29). The first-order valence-corrected chi connectivity index (χ1v) is 12.1. The second-order valence-corrected chi connectivity index (χ2v) is 9.77. The molecule has 8 heteroatoms. The number of benzene rings is 3. The maximum atomic E-state index is 15.4. The number of carbonyl (C=O) groups excluding carboxylic acids is 1. The van der Waals surface area contributed by atoms with E-state index in [-0.39, 0.29) is 11.3 Å². The lowest BCUT2D eigenvalue weighted by Crippen LogP contribution is -2.30. The Morgan fingerprint density at radius 1 is 1.06 bits per heavy atom. The van der Waals surface area contributed by atoms with E-state index in [1.807, 2.05) is 47.2 Å². The fourth-order valence-electron chi connectivity index (χ4n) is 3.88. The molecule has 0 atom stereocenters. The number of nitrogens with one attached hydrogen (secondary N) is 1. The van der Waals surface area contributed by atoms with Crippen molar-refractivity contribution in [1.29, 1.82) is 0 Å². The minimum Gasteiger partial charge on any atom is -0.268 e. The van der Waals surface area contributed by atoms with Crippen LogP contribution in [0, 0.1) is 5.82 Å². The zero-order valence-corrected chi connectivity index (χ0v) is 18.1. The molecule has 4 aromatic rings. The first kappa shape index (κ1) is 20.4. The highest BCUT2D eigenvalue weighted by Crippen LogP contribution is 2.42. The molecule has 0 saturated heterocycles. The summed E-state index contributed by atoms with van der Waals surface area (Å²) in [7, 11) is -3.83. The molecule has 3 aromatic carbocycles. The maximum Gasteiger partial charge on any atom is 0.267 e. The van der Waals surface area contributed by atoms with Crippen LogP contribution in [-0.4, -0.2) is 30.4 Å². The van der Waals surface area contributed by atoms with E-state index in [1.165, 1.54) is 28.4 Å². The second kappa shape index (κ2) is 7.56. The Labute approximate surface area is 184 Å². The Morgan fingerprint density at radius 2 is 1.81 bits per heavy atom. The van der Waals surface area contributed by atoms with E-state index in [2.05, 4.69) is 6.07 Å². The third kappa shape index (κ3) is 3.78. The molecule has 0 aliphatic heterocycles. The average Bonchev–Trinajstić information content (AvgIpc) is 3.54. The van der Waals surface area contributed by atoms with Crippen LogP contribution in [0.2, 0.25) is 0 Å². The highest BCUT2D eigenvalue weighted by Gasteiger charge is 2.26. The number of fused-ring (bicyclic) bond motifs is 1. The first-order valence-electron chi connectivity index (χ1n) is 10.2. The van der Waals surface area contributed by atoms with Crippen molar-refractivity contribution in [2.24, 2.45) is 0 Å². The van der Waals surface area contributed by atoms with Crippen LogP contribution in [-0.2, 0) is 10.0 Å². The van der Waals surface area contributed by atoms with Crippen molar-refractivity contribution in [3.63, 3.8) is 0 Å². The van der Waals surface area contributed by atoms with Gasteiger partial charge >= 0.3 is 0 Å². The highest BCUT2D eigenvalue weighted by atomic mass is 32.2. The fourth-order valence-corrected chi connectivity index (χ4v) is 4.33. The molecule has 1 aromatic heterocycles. The number of hydrogen-bond acceptors (Lipinski definition) is 4. The van der Waals surface area contributed by atoms with Crippen LogP contribution in [0.3, 0.4) is 0 Å².